The third-order valence-electron chi connectivity index (χ3n) is 3.94. The van der Waals surface area contributed by atoms with Gasteiger partial charge in [-0.15, -0.1) is 0 Å². The molecule has 0 heterocycles. The molecule has 0 aromatic heterocycles. The number of hydrogen-bond donors (Lipinski definition) is 2. The zero-order valence-corrected chi connectivity index (χ0v) is 16.0. The van der Waals surface area contributed by atoms with Crippen molar-refractivity contribution in [3.05, 3.63) is 53.6 Å². The summed E-state index contributed by atoms with van der Waals surface area (Å²) in [6.07, 6.45) is 1.91. The molecule has 0 saturated heterocycles. The van der Waals surface area contributed by atoms with Gasteiger partial charge >= 0.3 is 0 Å². The average molecular weight is 370 g/mol. The van der Waals surface area contributed by atoms with E-state index in [0.717, 1.165) is 18.4 Å². The van der Waals surface area contributed by atoms with Crippen molar-refractivity contribution in [1.82, 2.24) is 5.32 Å². The number of nitrogens with one attached hydrogen (secondary N) is 2. The van der Waals surface area contributed by atoms with Gasteiger partial charge in [0.1, 0.15) is 0 Å². The molecule has 2 aromatic carbocycles. The molecule has 0 spiro atoms. The highest BCUT2D eigenvalue weighted by atomic mass is 16.5. The first kappa shape index (κ1) is 20.3. The lowest BCUT2D eigenvalue weighted by molar-refractivity contribution is -0.118. The van der Waals surface area contributed by atoms with Crippen molar-refractivity contribution in [1.29, 1.82) is 0 Å². The molecule has 6 nitrogen and oxygen atoms in total. The molecular formula is C21H26N2O4. The third-order valence-corrected chi connectivity index (χ3v) is 3.94. The van der Waals surface area contributed by atoms with E-state index in [9.17, 15) is 9.59 Å². The normalized spacial score (nSPS) is 10.2. The van der Waals surface area contributed by atoms with Crippen molar-refractivity contribution < 1.29 is 19.1 Å². The molecule has 27 heavy (non-hydrogen) atoms. The molecule has 2 N–H and O–H groups in total. The Morgan fingerprint density at radius 3 is 2.59 bits per heavy atom. The monoisotopic (exact) mass is 370 g/mol. The molecule has 0 atom stereocenters. The molecule has 0 fully saturated rings. The highest BCUT2D eigenvalue weighted by molar-refractivity contribution is 6.04. The highest BCUT2D eigenvalue weighted by Gasteiger charge is 2.14. The van der Waals surface area contributed by atoms with Crippen LogP contribution in [0.2, 0.25) is 0 Å². The Kier molecular flexibility index (Phi) is 7.67. The molecule has 2 rings (SSSR count). The van der Waals surface area contributed by atoms with Crippen molar-refractivity contribution in [2.24, 2.45) is 0 Å². The summed E-state index contributed by atoms with van der Waals surface area (Å²) in [6.45, 7) is 4.42. The lowest BCUT2D eigenvalue weighted by Crippen LogP contribution is -2.27. The molecule has 0 aliphatic carbocycles. The first-order valence-corrected chi connectivity index (χ1v) is 8.99. The summed E-state index contributed by atoms with van der Waals surface area (Å²) in [7, 11) is 1.55. The van der Waals surface area contributed by atoms with Crippen LogP contribution in [0.25, 0.3) is 0 Å². The Hall–Kier alpha value is -3.02. The van der Waals surface area contributed by atoms with E-state index in [1.165, 1.54) is 0 Å². The van der Waals surface area contributed by atoms with Crippen molar-refractivity contribution in [2.45, 2.75) is 26.7 Å². The first-order chi connectivity index (χ1) is 13.0. The van der Waals surface area contributed by atoms with Gasteiger partial charge in [0.15, 0.2) is 18.1 Å². The number of rotatable bonds is 9. The predicted molar refractivity (Wildman–Crippen MR) is 106 cm³/mol. The van der Waals surface area contributed by atoms with Gasteiger partial charge < -0.3 is 20.1 Å². The van der Waals surface area contributed by atoms with Gasteiger partial charge in [-0.25, -0.2) is 0 Å². The molecule has 0 aliphatic rings. The Labute approximate surface area is 159 Å². The summed E-state index contributed by atoms with van der Waals surface area (Å²) in [6, 6.07) is 12.4. The molecule has 2 aromatic rings. The molecule has 144 valence electrons. The molecule has 0 unspecified atom stereocenters. The summed E-state index contributed by atoms with van der Waals surface area (Å²) in [5.41, 5.74) is 1.91. The van der Waals surface area contributed by atoms with E-state index in [-0.39, 0.29) is 18.4 Å². The van der Waals surface area contributed by atoms with Crippen molar-refractivity contribution >= 4 is 17.5 Å². The standard InChI is InChI=1S/C21H26N2O4/c1-4-5-12-22-21(25)16-8-6-7-9-17(16)23-20(24)14-27-18-11-10-15(2)13-19(18)26-3/h6-11,13H,4-5,12,14H2,1-3H3,(H,22,25)(H,23,24). The van der Waals surface area contributed by atoms with Gasteiger partial charge in [0.25, 0.3) is 11.8 Å². The molecule has 0 aliphatic heterocycles. The van der Waals surface area contributed by atoms with E-state index in [1.54, 1.807) is 37.4 Å². The van der Waals surface area contributed by atoms with Crippen molar-refractivity contribution in [3.63, 3.8) is 0 Å². The fraction of sp³-hybridized carbons (Fsp3) is 0.333. The Morgan fingerprint density at radius 1 is 1.07 bits per heavy atom. The number of hydrogen-bond acceptors (Lipinski definition) is 4. The van der Waals surface area contributed by atoms with Gasteiger partial charge in [0.05, 0.1) is 18.4 Å². The van der Waals surface area contributed by atoms with Gasteiger partial charge in [-0.3, -0.25) is 9.59 Å². The summed E-state index contributed by atoms with van der Waals surface area (Å²) >= 11 is 0. The van der Waals surface area contributed by atoms with Crippen LogP contribution in [-0.4, -0.2) is 32.1 Å². The lowest BCUT2D eigenvalue weighted by atomic mass is 10.1. The minimum atomic E-state index is -0.355. The van der Waals surface area contributed by atoms with Crippen LogP contribution >= 0.6 is 0 Å². The van der Waals surface area contributed by atoms with Crippen LogP contribution in [0.5, 0.6) is 11.5 Å². The van der Waals surface area contributed by atoms with Crippen LogP contribution in [0.4, 0.5) is 5.69 Å². The van der Waals surface area contributed by atoms with E-state index in [4.69, 9.17) is 9.47 Å². The molecule has 0 saturated carbocycles. The number of para-hydroxylation sites is 1. The first-order valence-electron chi connectivity index (χ1n) is 8.99. The van der Waals surface area contributed by atoms with Crippen LogP contribution < -0.4 is 20.1 Å². The molecule has 6 heteroatoms. The lowest BCUT2D eigenvalue weighted by Gasteiger charge is -2.13. The van der Waals surface area contributed by atoms with E-state index in [0.29, 0.717) is 29.3 Å². The van der Waals surface area contributed by atoms with E-state index in [2.05, 4.69) is 17.6 Å². The Morgan fingerprint density at radius 2 is 1.85 bits per heavy atom. The molecular weight excluding hydrogens is 344 g/mol. The summed E-state index contributed by atoms with van der Waals surface area (Å²) in [5, 5.41) is 5.59. The minimum absolute atomic E-state index is 0.189. The van der Waals surface area contributed by atoms with Crippen molar-refractivity contribution in [2.75, 3.05) is 25.6 Å². The van der Waals surface area contributed by atoms with Gasteiger partial charge in [0, 0.05) is 6.54 Å². The molecule has 0 radical (unpaired) electrons. The maximum absolute atomic E-state index is 12.3. The second-order valence-corrected chi connectivity index (χ2v) is 6.15. The fourth-order valence-corrected chi connectivity index (χ4v) is 2.49. The van der Waals surface area contributed by atoms with E-state index < -0.39 is 0 Å². The highest BCUT2D eigenvalue weighted by Crippen LogP contribution is 2.27. The topological polar surface area (TPSA) is 76.7 Å². The van der Waals surface area contributed by atoms with E-state index >= 15 is 0 Å². The Balaban J connectivity index is 1.99. The van der Waals surface area contributed by atoms with Crippen LogP contribution in [0.15, 0.2) is 42.5 Å². The zero-order chi connectivity index (χ0) is 19.6. The summed E-state index contributed by atoms with van der Waals surface area (Å²) in [4.78, 5) is 24.6. The molecule has 0 bridgehead atoms. The fourth-order valence-electron chi connectivity index (χ4n) is 2.49. The largest absolute Gasteiger partial charge is 0.493 e. The molecule has 2 amide bonds. The van der Waals surface area contributed by atoms with Crippen LogP contribution in [0, 0.1) is 6.92 Å². The maximum Gasteiger partial charge on any atom is 0.262 e. The number of unbranched alkanes of at least 4 members (excludes halogenated alkanes) is 1. The number of amides is 2. The average Bonchev–Trinajstić information content (AvgIpc) is 2.67. The van der Waals surface area contributed by atoms with Crippen LogP contribution in [0.1, 0.15) is 35.7 Å². The number of methoxy groups -OCH3 is 1. The number of carbonyl (C=O) groups is 2. The minimum Gasteiger partial charge on any atom is -0.493 e. The van der Waals surface area contributed by atoms with E-state index in [1.807, 2.05) is 19.1 Å². The second kappa shape index (κ2) is 10.2. The van der Waals surface area contributed by atoms with Crippen LogP contribution in [-0.2, 0) is 4.79 Å². The SMILES string of the molecule is CCCCNC(=O)c1ccccc1NC(=O)COc1ccc(C)cc1OC. The number of aryl methyl sites for hydroxylation is 1. The zero-order valence-electron chi connectivity index (χ0n) is 16.0. The van der Waals surface area contributed by atoms with Gasteiger partial charge in [-0.1, -0.05) is 31.5 Å². The number of benzene rings is 2. The summed E-state index contributed by atoms with van der Waals surface area (Å²) < 4.78 is 10.8. The predicted octanol–water partition coefficient (Wildman–Crippen LogP) is 3.55. The van der Waals surface area contributed by atoms with Gasteiger partial charge in [-0.05, 0) is 43.2 Å². The smallest absolute Gasteiger partial charge is 0.262 e. The van der Waals surface area contributed by atoms with Crippen molar-refractivity contribution in [3.8, 4) is 11.5 Å². The number of ether oxygens (including phenoxy) is 2. The third kappa shape index (κ3) is 6.02. The maximum atomic E-state index is 12.3. The number of carbonyl (C=O) groups excluding carboxylic acids is 2. The number of anilines is 1. The van der Waals surface area contributed by atoms with Crippen LogP contribution in [0.3, 0.4) is 0 Å². The Bertz CT molecular complexity index is 790. The van der Waals surface area contributed by atoms with Gasteiger partial charge in [0.2, 0.25) is 0 Å². The van der Waals surface area contributed by atoms with Gasteiger partial charge in [-0.2, -0.15) is 0 Å². The summed E-state index contributed by atoms with van der Waals surface area (Å²) in [5.74, 6) is 0.495. The quantitative estimate of drug-likeness (QED) is 0.662. The second-order valence-electron chi connectivity index (χ2n) is 6.15.